The van der Waals surface area contributed by atoms with Crippen LogP contribution in [0.25, 0.3) is 11.0 Å². The summed E-state index contributed by atoms with van der Waals surface area (Å²) in [5, 5.41) is 14.0. The lowest BCUT2D eigenvalue weighted by atomic mass is 10.2. The fourth-order valence-electron chi connectivity index (χ4n) is 3.43. The molecule has 2 aliphatic rings. The average molecular weight is 385 g/mol. The van der Waals surface area contributed by atoms with Gasteiger partial charge in [-0.05, 0) is 6.07 Å². The van der Waals surface area contributed by atoms with E-state index in [0.29, 0.717) is 17.2 Å². The first-order valence-electron chi connectivity index (χ1n) is 9.26. The number of aromatic nitrogens is 3. The highest BCUT2D eigenvalue weighted by Crippen LogP contribution is 2.31. The smallest absolute Gasteiger partial charge is 0.228 e. The normalized spacial score (nSPS) is 17.8. The van der Waals surface area contributed by atoms with Crippen LogP contribution in [0.3, 0.4) is 0 Å². The summed E-state index contributed by atoms with van der Waals surface area (Å²) in [5.74, 6) is 4.38. The van der Waals surface area contributed by atoms with Crippen molar-refractivity contribution in [1.82, 2.24) is 20.3 Å². The monoisotopic (exact) mass is 384 g/mol. The first kappa shape index (κ1) is 18.1. The summed E-state index contributed by atoms with van der Waals surface area (Å²) in [6.45, 7) is 5.43. The molecule has 0 amide bonds. The van der Waals surface area contributed by atoms with E-state index in [9.17, 15) is 5.26 Å². The highest BCUT2D eigenvalue weighted by atomic mass is 32.2. The second-order valence-corrected chi connectivity index (χ2v) is 8.15. The van der Waals surface area contributed by atoms with Gasteiger partial charge in [-0.1, -0.05) is 0 Å². The van der Waals surface area contributed by atoms with Gasteiger partial charge in [0.05, 0.1) is 10.9 Å². The Hall–Kier alpha value is -2.31. The van der Waals surface area contributed by atoms with Crippen molar-refractivity contribution < 1.29 is 0 Å². The van der Waals surface area contributed by atoms with Gasteiger partial charge in [0.15, 0.2) is 5.65 Å². The zero-order valence-corrected chi connectivity index (χ0v) is 16.6. The van der Waals surface area contributed by atoms with Crippen LogP contribution in [0.4, 0.5) is 17.6 Å². The van der Waals surface area contributed by atoms with E-state index in [0.717, 1.165) is 67.8 Å². The molecule has 2 aliphatic heterocycles. The fraction of sp³-hybridized carbons (Fsp3) is 0.556. The maximum atomic E-state index is 9.76. The predicted molar refractivity (Wildman–Crippen MR) is 111 cm³/mol. The van der Waals surface area contributed by atoms with Crippen LogP contribution in [0.5, 0.6) is 0 Å². The first-order chi connectivity index (χ1) is 13.2. The van der Waals surface area contributed by atoms with Crippen molar-refractivity contribution in [3.8, 4) is 6.07 Å². The first-order valence-corrected chi connectivity index (χ1v) is 10.4. The van der Waals surface area contributed by atoms with Crippen molar-refractivity contribution in [2.24, 2.45) is 0 Å². The lowest BCUT2D eigenvalue weighted by Crippen LogP contribution is -2.44. The lowest BCUT2D eigenvalue weighted by Gasteiger charge is -2.31. The van der Waals surface area contributed by atoms with Crippen LogP contribution in [-0.2, 0) is 0 Å². The topological polar surface area (TPSA) is 84.2 Å². The van der Waals surface area contributed by atoms with Gasteiger partial charge in [0.25, 0.3) is 0 Å². The molecule has 2 aromatic rings. The molecule has 27 heavy (non-hydrogen) atoms. The van der Waals surface area contributed by atoms with Crippen LogP contribution in [-0.4, -0.2) is 79.8 Å². The number of piperazine rings is 1. The Labute approximate surface area is 163 Å². The maximum Gasteiger partial charge on any atom is 0.228 e. The van der Waals surface area contributed by atoms with E-state index in [1.54, 1.807) is 0 Å². The van der Waals surface area contributed by atoms with Crippen molar-refractivity contribution in [1.29, 1.82) is 5.26 Å². The van der Waals surface area contributed by atoms with Gasteiger partial charge in [-0.3, -0.25) is 0 Å². The standard InChI is InChI=1S/C18H24N8S/c1-24(2)18-22-15-14(17(23-18)25-5-3-20-4-6-25)11-13(12-19)16(21-15)26-7-9-27-10-8-26/h11,20H,3-10H2,1-2H3. The molecule has 0 bridgehead atoms. The van der Waals surface area contributed by atoms with E-state index >= 15 is 0 Å². The van der Waals surface area contributed by atoms with E-state index in [1.165, 1.54) is 0 Å². The quantitative estimate of drug-likeness (QED) is 0.830. The van der Waals surface area contributed by atoms with Gasteiger partial charge < -0.3 is 20.0 Å². The van der Waals surface area contributed by atoms with E-state index < -0.39 is 0 Å². The number of nitriles is 1. The third-order valence-corrected chi connectivity index (χ3v) is 5.83. The van der Waals surface area contributed by atoms with Crippen molar-refractivity contribution >= 4 is 40.4 Å². The summed E-state index contributed by atoms with van der Waals surface area (Å²) in [6.07, 6.45) is 0. The number of nitrogens with one attached hydrogen (secondary N) is 1. The molecule has 2 saturated heterocycles. The molecular formula is C18H24N8S. The molecule has 9 heteroatoms. The Morgan fingerprint density at radius 1 is 1.04 bits per heavy atom. The van der Waals surface area contributed by atoms with Crippen LogP contribution in [0.2, 0.25) is 0 Å². The molecule has 142 valence electrons. The predicted octanol–water partition coefficient (Wildman–Crippen LogP) is 0.925. The molecule has 4 rings (SSSR count). The third-order valence-electron chi connectivity index (χ3n) is 4.88. The largest absolute Gasteiger partial charge is 0.354 e. The van der Waals surface area contributed by atoms with E-state index in [4.69, 9.17) is 9.97 Å². The average Bonchev–Trinajstić information content (AvgIpc) is 2.73. The van der Waals surface area contributed by atoms with Crippen molar-refractivity contribution in [2.45, 2.75) is 0 Å². The highest BCUT2D eigenvalue weighted by molar-refractivity contribution is 7.99. The highest BCUT2D eigenvalue weighted by Gasteiger charge is 2.22. The van der Waals surface area contributed by atoms with Gasteiger partial charge in [0.2, 0.25) is 5.95 Å². The molecule has 0 saturated carbocycles. The van der Waals surface area contributed by atoms with Crippen LogP contribution in [0.1, 0.15) is 5.56 Å². The number of anilines is 3. The number of nitrogens with zero attached hydrogens (tertiary/aromatic N) is 7. The Kier molecular flexibility index (Phi) is 5.18. The Morgan fingerprint density at radius 3 is 2.41 bits per heavy atom. The van der Waals surface area contributed by atoms with Crippen LogP contribution >= 0.6 is 11.8 Å². The summed E-state index contributed by atoms with van der Waals surface area (Å²) < 4.78 is 0. The van der Waals surface area contributed by atoms with Gasteiger partial charge in [0, 0.05) is 64.9 Å². The van der Waals surface area contributed by atoms with Crippen molar-refractivity contribution in [3.63, 3.8) is 0 Å². The minimum absolute atomic E-state index is 0.604. The molecule has 0 radical (unpaired) electrons. The number of hydrogen-bond acceptors (Lipinski definition) is 9. The molecule has 4 heterocycles. The molecule has 0 aliphatic carbocycles. The summed E-state index contributed by atoms with van der Waals surface area (Å²) in [5.41, 5.74) is 1.27. The van der Waals surface area contributed by atoms with Gasteiger partial charge in [0.1, 0.15) is 17.7 Å². The minimum atomic E-state index is 0.604. The number of thioether (sulfide) groups is 1. The Bertz CT molecular complexity index is 866. The number of hydrogen-bond donors (Lipinski definition) is 1. The van der Waals surface area contributed by atoms with E-state index in [2.05, 4.69) is 26.2 Å². The molecule has 0 aromatic carbocycles. The molecule has 2 aromatic heterocycles. The molecule has 0 atom stereocenters. The van der Waals surface area contributed by atoms with Crippen molar-refractivity contribution in [2.75, 3.05) is 79.6 Å². The summed E-state index contributed by atoms with van der Waals surface area (Å²) in [4.78, 5) is 20.7. The molecule has 8 nitrogen and oxygen atoms in total. The molecule has 0 unspecified atom stereocenters. The van der Waals surface area contributed by atoms with E-state index in [-0.39, 0.29) is 0 Å². The van der Waals surface area contributed by atoms with Crippen LogP contribution in [0.15, 0.2) is 6.07 Å². The molecular weight excluding hydrogens is 360 g/mol. The summed E-state index contributed by atoms with van der Waals surface area (Å²) in [6, 6.07) is 4.27. The van der Waals surface area contributed by atoms with E-state index in [1.807, 2.05) is 36.8 Å². The summed E-state index contributed by atoms with van der Waals surface area (Å²) in [7, 11) is 3.88. The second-order valence-electron chi connectivity index (χ2n) is 6.92. The zero-order valence-electron chi connectivity index (χ0n) is 15.8. The number of rotatable bonds is 3. The number of pyridine rings is 1. The Balaban J connectivity index is 1.87. The van der Waals surface area contributed by atoms with Gasteiger partial charge in [-0.2, -0.15) is 27.0 Å². The van der Waals surface area contributed by atoms with Gasteiger partial charge >= 0.3 is 0 Å². The molecule has 1 N–H and O–H groups in total. The zero-order chi connectivity index (χ0) is 18.8. The second kappa shape index (κ2) is 7.74. The molecule has 2 fully saturated rings. The minimum Gasteiger partial charge on any atom is -0.354 e. The molecule has 0 spiro atoms. The lowest BCUT2D eigenvalue weighted by molar-refractivity contribution is 0.586. The fourth-order valence-corrected chi connectivity index (χ4v) is 4.34. The summed E-state index contributed by atoms with van der Waals surface area (Å²) >= 11 is 1.94. The SMILES string of the molecule is CN(C)c1nc(N2CCNCC2)c2cc(C#N)c(N3CCSCC3)nc2n1. The maximum absolute atomic E-state index is 9.76. The number of fused-ring (bicyclic) bond motifs is 1. The van der Waals surface area contributed by atoms with Crippen LogP contribution < -0.4 is 20.0 Å². The Morgan fingerprint density at radius 2 is 1.74 bits per heavy atom. The van der Waals surface area contributed by atoms with Crippen molar-refractivity contribution in [3.05, 3.63) is 11.6 Å². The van der Waals surface area contributed by atoms with Gasteiger partial charge in [-0.25, -0.2) is 4.98 Å². The third kappa shape index (κ3) is 3.59. The van der Waals surface area contributed by atoms with Gasteiger partial charge in [-0.15, -0.1) is 0 Å². The van der Waals surface area contributed by atoms with Crippen LogP contribution in [0, 0.1) is 11.3 Å².